The lowest BCUT2D eigenvalue weighted by Gasteiger charge is -2.19. The Hall–Kier alpha value is -12.4. The highest BCUT2D eigenvalue weighted by Gasteiger charge is 2.37. The molecule has 19 rings (SSSR count). The summed E-state index contributed by atoms with van der Waals surface area (Å²) < 4.78 is 99.2. The fourth-order valence-electron chi connectivity index (χ4n) is 15.9. The molecule has 0 spiro atoms. The van der Waals surface area contributed by atoms with Crippen LogP contribution in [0.2, 0.25) is 0 Å². The zero-order valence-corrected chi connectivity index (χ0v) is 52.1. The van der Waals surface area contributed by atoms with E-state index in [2.05, 4.69) is 243 Å². The molecule has 0 aliphatic heterocycles. The van der Waals surface area contributed by atoms with Crippen LogP contribution < -0.4 is 0 Å². The van der Waals surface area contributed by atoms with Gasteiger partial charge in [-0.1, -0.05) is 194 Å². The fraction of sp³-hybridized carbons (Fsp3) is 0.0227. The van der Waals surface area contributed by atoms with Crippen LogP contribution in [0.4, 0.5) is 26.3 Å². The molecule has 466 valence electrons. The van der Waals surface area contributed by atoms with Crippen molar-refractivity contribution in [3.63, 3.8) is 0 Å². The van der Waals surface area contributed by atoms with Crippen molar-refractivity contribution in [1.29, 1.82) is 0 Å². The van der Waals surface area contributed by atoms with Gasteiger partial charge in [-0.3, -0.25) is 0 Å². The highest BCUT2D eigenvalue weighted by Crippen LogP contribution is 2.49. The number of rotatable bonds is 8. The van der Waals surface area contributed by atoms with E-state index in [-0.39, 0.29) is 17.2 Å². The standard InChI is InChI=1S/C88H52F6N4/c89-87(90,91)57-45-56(46-58(51-57)88(92,93)94)73-49-55(50-74-63-26-8-7-21-53(63)43-44-64(73)74)54-47-61(97-77-37-15-11-29-71(77)85-67(33-19-41-81(85)97)65-31-17-39-79-83(65)69-27-9-13-35-75(69)95(79)59-22-3-1-4-23-59)52-62(48-54)98-78-38-16-12-30-72(78)86-68(34-20-42-82(86)98)66-32-18-40-80-84(66)70-28-10-14-36-76(70)96(80)60-24-5-2-6-25-60/h1-52H. The van der Waals surface area contributed by atoms with Crippen LogP contribution in [0.25, 0.3) is 176 Å². The van der Waals surface area contributed by atoms with Crippen LogP contribution in [0.1, 0.15) is 11.1 Å². The summed E-state index contributed by atoms with van der Waals surface area (Å²) in [6, 6.07) is 104. The van der Waals surface area contributed by atoms with E-state index in [0.29, 0.717) is 21.9 Å². The van der Waals surface area contributed by atoms with Gasteiger partial charge in [-0.2, -0.15) is 26.3 Å². The van der Waals surface area contributed by atoms with Gasteiger partial charge in [0.1, 0.15) is 0 Å². The van der Waals surface area contributed by atoms with Crippen LogP contribution >= 0.6 is 0 Å². The van der Waals surface area contributed by atoms with Crippen molar-refractivity contribution in [2.75, 3.05) is 0 Å². The number of para-hydroxylation sites is 6. The summed E-state index contributed by atoms with van der Waals surface area (Å²) in [7, 11) is 0. The first kappa shape index (κ1) is 57.1. The van der Waals surface area contributed by atoms with Gasteiger partial charge in [0.15, 0.2) is 0 Å². The number of aromatic nitrogens is 4. The molecule has 0 radical (unpaired) electrons. The predicted octanol–water partition coefficient (Wildman–Crippen LogP) is 25.1. The van der Waals surface area contributed by atoms with Crippen LogP contribution in [0.5, 0.6) is 0 Å². The van der Waals surface area contributed by atoms with E-state index in [1.807, 2.05) is 60.7 Å². The lowest BCUT2D eigenvalue weighted by atomic mass is 9.89. The van der Waals surface area contributed by atoms with Crippen LogP contribution in [0.15, 0.2) is 315 Å². The number of halogens is 6. The molecule has 0 bridgehead atoms. The molecular weight excluding hydrogens is 1230 g/mol. The molecule has 0 atom stereocenters. The average Bonchev–Trinajstić information content (AvgIpc) is 1.55. The van der Waals surface area contributed by atoms with Crippen molar-refractivity contribution in [1.82, 2.24) is 18.3 Å². The molecule has 0 aliphatic rings. The van der Waals surface area contributed by atoms with Crippen molar-refractivity contribution in [3.05, 3.63) is 327 Å². The molecule has 0 aliphatic carbocycles. The minimum Gasteiger partial charge on any atom is -0.309 e. The van der Waals surface area contributed by atoms with Crippen LogP contribution in [-0.2, 0) is 12.4 Å². The maximum atomic E-state index is 15.0. The van der Waals surface area contributed by atoms with Crippen molar-refractivity contribution < 1.29 is 26.3 Å². The summed E-state index contributed by atoms with van der Waals surface area (Å²) in [5, 5.41) is 11.4. The summed E-state index contributed by atoms with van der Waals surface area (Å²) in [6.45, 7) is 0. The van der Waals surface area contributed by atoms with Gasteiger partial charge in [-0.05, 0) is 187 Å². The molecule has 0 fully saturated rings. The Morgan fingerprint density at radius 1 is 0.194 bits per heavy atom. The van der Waals surface area contributed by atoms with Crippen LogP contribution in [-0.4, -0.2) is 18.3 Å². The summed E-state index contributed by atoms with van der Waals surface area (Å²) in [5.41, 5.74) is 14.4. The Morgan fingerprint density at radius 2 is 0.531 bits per heavy atom. The Bertz CT molecular complexity index is 6200. The smallest absolute Gasteiger partial charge is 0.309 e. The molecule has 0 saturated heterocycles. The van der Waals surface area contributed by atoms with E-state index >= 15 is 0 Å². The average molecular weight is 1280 g/mol. The molecule has 4 heterocycles. The third-order valence-electron chi connectivity index (χ3n) is 19.9. The first-order valence-electron chi connectivity index (χ1n) is 32.5. The maximum Gasteiger partial charge on any atom is 0.416 e. The molecule has 0 amide bonds. The Labute approximate surface area is 556 Å². The Balaban J connectivity index is 0.913. The fourth-order valence-corrected chi connectivity index (χ4v) is 15.9. The minimum absolute atomic E-state index is 0.196. The minimum atomic E-state index is -5.08. The van der Waals surface area contributed by atoms with Gasteiger partial charge in [0.25, 0.3) is 0 Å². The van der Waals surface area contributed by atoms with Gasteiger partial charge >= 0.3 is 12.4 Å². The van der Waals surface area contributed by atoms with Gasteiger partial charge in [0.05, 0.1) is 55.3 Å². The second-order valence-corrected chi connectivity index (χ2v) is 25.3. The Kier molecular flexibility index (Phi) is 12.6. The summed E-state index contributed by atoms with van der Waals surface area (Å²) >= 11 is 0. The van der Waals surface area contributed by atoms with Crippen LogP contribution in [0, 0.1) is 0 Å². The van der Waals surface area contributed by atoms with Gasteiger partial charge < -0.3 is 18.3 Å². The molecule has 15 aromatic carbocycles. The zero-order valence-electron chi connectivity index (χ0n) is 52.1. The second-order valence-electron chi connectivity index (χ2n) is 25.3. The number of nitrogens with zero attached hydrogens (tertiary/aromatic N) is 4. The summed E-state index contributed by atoms with van der Waals surface area (Å²) in [5.74, 6) is 0. The van der Waals surface area contributed by atoms with Gasteiger partial charge in [0.2, 0.25) is 0 Å². The Morgan fingerprint density at radius 3 is 0.929 bits per heavy atom. The van der Waals surface area contributed by atoms with Gasteiger partial charge in [0, 0.05) is 65.8 Å². The van der Waals surface area contributed by atoms with E-state index in [0.717, 1.165) is 155 Å². The SMILES string of the molecule is FC(F)(F)c1cc(-c2cc(-c3cc(-n4c5ccccc5c5c(-c6cccc7c6c6ccccc6n7-c6ccccc6)cccc54)cc(-n4c5ccccc5c5c(-c6cccc7c6c6ccccc6n7-c6ccccc6)cccc54)c3)cc3c2ccc2ccccc23)cc(C(F)(F)F)c1. The van der Waals surface area contributed by atoms with Crippen LogP contribution in [0.3, 0.4) is 0 Å². The maximum absolute atomic E-state index is 15.0. The molecule has 10 heteroatoms. The first-order chi connectivity index (χ1) is 47.9. The molecule has 0 saturated carbocycles. The normalized spacial score (nSPS) is 12.4. The molecule has 4 nitrogen and oxygen atoms in total. The van der Waals surface area contributed by atoms with E-state index in [4.69, 9.17) is 0 Å². The zero-order chi connectivity index (χ0) is 65.7. The van der Waals surface area contributed by atoms with Crippen molar-refractivity contribution in [3.8, 4) is 67.3 Å². The number of benzene rings is 15. The highest BCUT2D eigenvalue weighted by atomic mass is 19.4. The molecule has 0 unspecified atom stereocenters. The van der Waals surface area contributed by atoms with Gasteiger partial charge in [-0.15, -0.1) is 0 Å². The topological polar surface area (TPSA) is 19.7 Å². The molecule has 98 heavy (non-hydrogen) atoms. The number of alkyl halides is 6. The monoisotopic (exact) mass is 1280 g/mol. The molecular formula is C88H52F6N4. The molecule has 4 aromatic heterocycles. The van der Waals surface area contributed by atoms with Crippen molar-refractivity contribution in [2.24, 2.45) is 0 Å². The summed E-state index contributed by atoms with van der Waals surface area (Å²) in [6.07, 6.45) is -10.2. The van der Waals surface area contributed by atoms with Crippen molar-refractivity contribution >= 4 is 109 Å². The third kappa shape index (κ3) is 8.73. The summed E-state index contributed by atoms with van der Waals surface area (Å²) in [4.78, 5) is 0. The van der Waals surface area contributed by atoms with E-state index in [1.54, 1.807) is 12.1 Å². The lowest BCUT2D eigenvalue weighted by molar-refractivity contribution is -0.143. The number of hydrogen-bond donors (Lipinski definition) is 0. The van der Waals surface area contributed by atoms with E-state index in [1.165, 1.54) is 0 Å². The third-order valence-corrected chi connectivity index (χ3v) is 19.9. The molecule has 19 aromatic rings. The first-order valence-corrected chi connectivity index (χ1v) is 32.5. The van der Waals surface area contributed by atoms with Gasteiger partial charge in [-0.25, -0.2) is 0 Å². The largest absolute Gasteiger partial charge is 0.416 e. The highest BCUT2D eigenvalue weighted by molar-refractivity contribution is 6.24. The predicted molar refractivity (Wildman–Crippen MR) is 391 cm³/mol. The van der Waals surface area contributed by atoms with E-state index < -0.39 is 23.5 Å². The van der Waals surface area contributed by atoms with Crippen molar-refractivity contribution in [2.45, 2.75) is 12.4 Å². The lowest BCUT2D eigenvalue weighted by Crippen LogP contribution is -2.11. The second kappa shape index (κ2) is 21.6. The van der Waals surface area contributed by atoms with E-state index in [9.17, 15) is 26.3 Å². The number of fused-ring (bicyclic) bond motifs is 15. The number of hydrogen-bond acceptors (Lipinski definition) is 0. The quantitative estimate of drug-likeness (QED) is 0.107. The molecule has 0 N–H and O–H groups in total.